The van der Waals surface area contributed by atoms with Crippen molar-refractivity contribution < 1.29 is 4.39 Å². The standard InChI is InChI=1S/C22H15ClFNS/c23-18-8-6-16(7-9-18)21-14-26-22(17-4-1-5-19(24)12-17)20(21)11-15-3-2-10-25-13-15/h1-10,12-14H,11H2. The maximum atomic E-state index is 13.8. The van der Waals surface area contributed by atoms with Crippen LogP contribution in [0.15, 0.2) is 78.4 Å². The molecule has 26 heavy (non-hydrogen) atoms. The summed E-state index contributed by atoms with van der Waals surface area (Å²) >= 11 is 7.68. The Bertz CT molecular complexity index is 1030. The molecule has 0 amide bonds. The van der Waals surface area contributed by atoms with Gasteiger partial charge in [0.25, 0.3) is 0 Å². The van der Waals surface area contributed by atoms with Crippen LogP contribution in [0.3, 0.4) is 0 Å². The van der Waals surface area contributed by atoms with Crippen LogP contribution >= 0.6 is 22.9 Å². The average Bonchev–Trinajstić information content (AvgIpc) is 3.07. The number of pyridine rings is 1. The third-order valence-electron chi connectivity index (χ3n) is 4.24. The highest BCUT2D eigenvalue weighted by Crippen LogP contribution is 2.40. The van der Waals surface area contributed by atoms with Gasteiger partial charge in [-0.05, 0) is 63.5 Å². The summed E-state index contributed by atoms with van der Waals surface area (Å²) < 4.78 is 13.8. The van der Waals surface area contributed by atoms with Gasteiger partial charge in [-0.1, -0.05) is 41.9 Å². The molecule has 0 unspecified atom stereocenters. The summed E-state index contributed by atoms with van der Waals surface area (Å²) in [6, 6.07) is 18.6. The van der Waals surface area contributed by atoms with E-state index in [0.29, 0.717) is 5.02 Å². The fourth-order valence-electron chi connectivity index (χ4n) is 3.01. The van der Waals surface area contributed by atoms with Crippen LogP contribution < -0.4 is 0 Å². The molecule has 2 aromatic carbocycles. The number of aromatic nitrogens is 1. The molecule has 1 nitrogen and oxygen atoms in total. The van der Waals surface area contributed by atoms with E-state index >= 15 is 0 Å². The molecule has 0 fully saturated rings. The summed E-state index contributed by atoms with van der Waals surface area (Å²) in [7, 11) is 0. The molecule has 0 bridgehead atoms. The second-order valence-electron chi connectivity index (χ2n) is 6.01. The first-order valence-corrected chi connectivity index (χ1v) is 9.47. The molecule has 0 aliphatic heterocycles. The summed E-state index contributed by atoms with van der Waals surface area (Å²) in [6.07, 6.45) is 4.38. The molecular weight excluding hydrogens is 365 g/mol. The highest BCUT2D eigenvalue weighted by atomic mass is 35.5. The Hall–Kier alpha value is -2.49. The van der Waals surface area contributed by atoms with E-state index in [0.717, 1.165) is 33.6 Å². The molecular formula is C22H15ClFNS. The highest BCUT2D eigenvalue weighted by molar-refractivity contribution is 7.14. The molecule has 4 heteroatoms. The van der Waals surface area contributed by atoms with E-state index in [1.54, 1.807) is 29.7 Å². The SMILES string of the molecule is Fc1cccc(-c2scc(-c3ccc(Cl)cc3)c2Cc2cccnc2)c1. The number of halogens is 2. The van der Waals surface area contributed by atoms with E-state index in [1.807, 2.05) is 42.6 Å². The van der Waals surface area contributed by atoms with Gasteiger partial charge in [0.1, 0.15) is 5.82 Å². The molecule has 0 radical (unpaired) electrons. The summed E-state index contributed by atoms with van der Waals surface area (Å²) in [5.41, 5.74) is 5.45. The Morgan fingerprint density at radius 3 is 2.54 bits per heavy atom. The molecule has 4 rings (SSSR count). The van der Waals surface area contributed by atoms with E-state index in [1.165, 1.54) is 11.6 Å². The minimum Gasteiger partial charge on any atom is -0.264 e. The van der Waals surface area contributed by atoms with Crippen molar-refractivity contribution >= 4 is 22.9 Å². The van der Waals surface area contributed by atoms with E-state index < -0.39 is 0 Å². The lowest BCUT2D eigenvalue weighted by Gasteiger charge is -2.09. The Kier molecular flexibility index (Phi) is 4.83. The van der Waals surface area contributed by atoms with Gasteiger partial charge in [0.15, 0.2) is 0 Å². The van der Waals surface area contributed by atoms with Gasteiger partial charge in [-0.2, -0.15) is 0 Å². The summed E-state index contributed by atoms with van der Waals surface area (Å²) in [5, 5.41) is 2.85. The predicted molar refractivity (Wildman–Crippen MR) is 107 cm³/mol. The Morgan fingerprint density at radius 2 is 1.81 bits per heavy atom. The first kappa shape index (κ1) is 17.0. The number of rotatable bonds is 4. The van der Waals surface area contributed by atoms with Crippen LogP contribution in [0.5, 0.6) is 0 Å². The van der Waals surface area contributed by atoms with Crippen LogP contribution in [0, 0.1) is 5.82 Å². The second-order valence-corrected chi connectivity index (χ2v) is 7.33. The van der Waals surface area contributed by atoms with Gasteiger partial charge in [-0.25, -0.2) is 4.39 Å². The van der Waals surface area contributed by atoms with Crippen molar-refractivity contribution in [2.75, 3.05) is 0 Å². The molecule has 2 heterocycles. The number of hydrogen-bond acceptors (Lipinski definition) is 2. The summed E-state index contributed by atoms with van der Waals surface area (Å²) in [6.45, 7) is 0. The molecule has 0 N–H and O–H groups in total. The van der Waals surface area contributed by atoms with Crippen molar-refractivity contribution in [3.63, 3.8) is 0 Å². The minimum absolute atomic E-state index is 0.226. The first-order chi connectivity index (χ1) is 12.7. The lowest BCUT2D eigenvalue weighted by atomic mass is 9.95. The van der Waals surface area contributed by atoms with Crippen LogP contribution in [0.1, 0.15) is 11.1 Å². The normalized spacial score (nSPS) is 10.8. The van der Waals surface area contributed by atoms with Crippen LogP contribution in [0.25, 0.3) is 21.6 Å². The van der Waals surface area contributed by atoms with Crippen LogP contribution in [-0.4, -0.2) is 4.98 Å². The van der Waals surface area contributed by atoms with Gasteiger partial charge in [-0.15, -0.1) is 11.3 Å². The summed E-state index contributed by atoms with van der Waals surface area (Å²) in [4.78, 5) is 5.30. The minimum atomic E-state index is -0.226. The molecule has 2 aromatic heterocycles. The van der Waals surface area contributed by atoms with E-state index in [2.05, 4.69) is 16.4 Å². The third kappa shape index (κ3) is 3.55. The molecule has 0 saturated carbocycles. The van der Waals surface area contributed by atoms with Gasteiger partial charge in [0, 0.05) is 28.7 Å². The lowest BCUT2D eigenvalue weighted by molar-refractivity contribution is 0.628. The van der Waals surface area contributed by atoms with Gasteiger partial charge >= 0.3 is 0 Å². The zero-order valence-electron chi connectivity index (χ0n) is 13.8. The average molecular weight is 380 g/mol. The van der Waals surface area contributed by atoms with Crippen molar-refractivity contribution in [3.8, 4) is 21.6 Å². The van der Waals surface area contributed by atoms with Crippen molar-refractivity contribution in [2.24, 2.45) is 0 Å². The van der Waals surface area contributed by atoms with Crippen molar-refractivity contribution in [1.29, 1.82) is 0 Å². The molecule has 0 aliphatic carbocycles. The fourth-order valence-corrected chi connectivity index (χ4v) is 4.24. The first-order valence-electron chi connectivity index (χ1n) is 8.22. The van der Waals surface area contributed by atoms with E-state index in [-0.39, 0.29) is 5.82 Å². The number of benzene rings is 2. The lowest BCUT2D eigenvalue weighted by Crippen LogP contribution is -1.92. The van der Waals surface area contributed by atoms with Gasteiger partial charge in [0.05, 0.1) is 0 Å². The molecule has 128 valence electrons. The van der Waals surface area contributed by atoms with Crippen LogP contribution in [0.4, 0.5) is 4.39 Å². The number of hydrogen-bond donors (Lipinski definition) is 0. The Morgan fingerprint density at radius 1 is 0.962 bits per heavy atom. The molecule has 0 atom stereocenters. The Balaban J connectivity index is 1.85. The quantitative estimate of drug-likeness (QED) is 0.377. The second kappa shape index (κ2) is 7.40. The predicted octanol–water partition coefficient (Wildman–Crippen LogP) is 6.86. The topological polar surface area (TPSA) is 12.9 Å². The zero-order chi connectivity index (χ0) is 17.9. The number of thiophene rings is 1. The van der Waals surface area contributed by atoms with Crippen molar-refractivity contribution in [2.45, 2.75) is 6.42 Å². The summed E-state index contributed by atoms with van der Waals surface area (Å²) in [5.74, 6) is -0.226. The van der Waals surface area contributed by atoms with E-state index in [4.69, 9.17) is 11.6 Å². The molecule has 0 spiro atoms. The smallest absolute Gasteiger partial charge is 0.123 e. The van der Waals surface area contributed by atoms with Crippen LogP contribution in [0.2, 0.25) is 5.02 Å². The largest absolute Gasteiger partial charge is 0.264 e. The highest BCUT2D eigenvalue weighted by Gasteiger charge is 2.16. The molecule has 0 saturated heterocycles. The van der Waals surface area contributed by atoms with Crippen LogP contribution in [-0.2, 0) is 6.42 Å². The van der Waals surface area contributed by atoms with Gasteiger partial charge < -0.3 is 0 Å². The van der Waals surface area contributed by atoms with Crippen molar-refractivity contribution in [1.82, 2.24) is 4.98 Å². The molecule has 0 aliphatic rings. The maximum absolute atomic E-state index is 13.8. The molecule has 4 aromatic rings. The van der Waals surface area contributed by atoms with Gasteiger partial charge in [-0.3, -0.25) is 4.98 Å². The third-order valence-corrected chi connectivity index (χ3v) is 5.56. The fraction of sp³-hybridized carbons (Fsp3) is 0.0455. The van der Waals surface area contributed by atoms with E-state index in [9.17, 15) is 4.39 Å². The maximum Gasteiger partial charge on any atom is 0.123 e. The van der Waals surface area contributed by atoms with Crippen molar-refractivity contribution in [3.05, 3.63) is 100 Å². The number of nitrogens with zero attached hydrogens (tertiary/aromatic N) is 1. The van der Waals surface area contributed by atoms with Gasteiger partial charge in [0.2, 0.25) is 0 Å². The monoisotopic (exact) mass is 379 g/mol. The Labute approximate surface area is 160 Å². The zero-order valence-corrected chi connectivity index (χ0v) is 15.4.